The number of nitrogens with two attached hydrogens (primary N) is 1. The molecule has 0 bridgehead atoms. The van der Waals surface area contributed by atoms with E-state index >= 15 is 0 Å². The molecule has 4 nitrogen and oxygen atoms in total. The molecule has 0 radical (unpaired) electrons. The molecule has 0 aliphatic carbocycles. The van der Waals surface area contributed by atoms with Crippen LogP contribution in [0.1, 0.15) is 11.1 Å². The predicted octanol–water partition coefficient (Wildman–Crippen LogP) is 4.10. The number of benzene rings is 2. The van der Waals surface area contributed by atoms with Gasteiger partial charge in [0.2, 0.25) is 0 Å². The van der Waals surface area contributed by atoms with Crippen molar-refractivity contribution in [2.24, 2.45) is 0 Å². The third-order valence-corrected chi connectivity index (χ3v) is 5.64. The summed E-state index contributed by atoms with van der Waals surface area (Å²) in [5.74, 6) is 0. The van der Waals surface area contributed by atoms with Crippen molar-refractivity contribution in [2.75, 3.05) is 10.5 Å². The van der Waals surface area contributed by atoms with Gasteiger partial charge < -0.3 is 5.73 Å². The van der Waals surface area contributed by atoms with E-state index in [0.29, 0.717) is 20.9 Å². The van der Waals surface area contributed by atoms with E-state index in [2.05, 4.69) is 20.7 Å². The van der Waals surface area contributed by atoms with E-state index < -0.39 is 10.0 Å². The Kier molecular flexibility index (Phi) is 4.51. The Morgan fingerprint density at radius 1 is 1.14 bits per heavy atom. The first-order valence-corrected chi connectivity index (χ1v) is 8.71. The Morgan fingerprint density at radius 2 is 1.81 bits per heavy atom. The maximum atomic E-state index is 12.4. The SMILES string of the molecule is Cc1cc(C)c(NS(=O)(=O)c2ccc(Cl)c(Br)c2)cc1N. The van der Waals surface area contributed by atoms with Crippen molar-refractivity contribution in [1.29, 1.82) is 0 Å². The zero-order chi connectivity index (χ0) is 15.8. The van der Waals surface area contributed by atoms with Crippen molar-refractivity contribution in [1.82, 2.24) is 0 Å². The highest BCUT2D eigenvalue weighted by atomic mass is 79.9. The molecule has 0 aromatic heterocycles. The molecule has 2 rings (SSSR count). The molecule has 0 aliphatic rings. The predicted molar refractivity (Wildman–Crippen MR) is 90.3 cm³/mol. The van der Waals surface area contributed by atoms with E-state index in [4.69, 9.17) is 17.3 Å². The summed E-state index contributed by atoms with van der Waals surface area (Å²) in [5, 5.41) is 0.449. The Labute approximate surface area is 137 Å². The van der Waals surface area contributed by atoms with Crippen LogP contribution in [-0.4, -0.2) is 8.42 Å². The highest BCUT2D eigenvalue weighted by Crippen LogP contribution is 2.28. The molecular formula is C14H14BrClN2O2S. The average molecular weight is 390 g/mol. The third kappa shape index (κ3) is 3.51. The number of anilines is 2. The van der Waals surface area contributed by atoms with Crippen LogP contribution in [0.2, 0.25) is 5.02 Å². The van der Waals surface area contributed by atoms with Crippen molar-refractivity contribution < 1.29 is 8.42 Å². The lowest BCUT2D eigenvalue weighted by Gasteiger charge is -2.13. The smallest absolute Gasteiger partial charge is 0.261 e. The fourth-order valence-corrected chi connectivity index (χ4v) is 3.62. The monoisotopic (exact) mass is 388 g/mol. The Hall–Kier alpha value is -1.24. The van der Waals surface area contributed by atoms with Crippen LogP contribution in [0.3, 0.4) is 0 Å². The number of aryl methyl sites for hydroxylation is 2. The van der Waals surface area contributed by atoms with E-state index in [0.717, 1.165) is 11.1 Å². The van der Waals surface area contributed by atoms with E-state index in [-0.39, 0.29) is 4.90 Å². The summed E-state index contributed by atoms with van der Waals surface area (Å²) in [5.41, 5.74) is 8.54. The number of halogens is 2. The molecule has 3 N–H and O–H groups in total. The highest BCUT2D eigenvalue weighted by molar-refractivity contribution is 9.10. The van der Waals surface area contributed by atoms with Gasteiger partial charge in [-0.2, -0.15) is 0 Å². The molecule has 2 aromatic rings. The molecule has 112 valence electrons. The largest absolute Gasteiger partial charge is 0.398 e. The molecule has 0 saturated heterocycles. The van der Waals surface area contributed by atoms with Crippen molar-refractivity contribution in [3.63, 3.8) is 0 Å². The van der Waals surface area contributed by atoms with E-state index in [1.807, 2.05) is 19.9 Å². The number of hydrogen-bond donors (Lipinski definition) is 2. The summed E-state index contributed by atoms with van der Waals surface area (Å²) in [6.45, 7) is 3.69. The van der Waals surface area contributed by atoms with Gasteiger partial charge in [0.05, 0.1) is 15.6 Å². The van der Waals surface area contributed by atoms with Crippen LogP contribution in [0.4, 0.5) is 11.4 Å². The van der Waals surface area contributed by atoms with Crippen LogP contribution in [0.5, 0.6) is 0 Å². The van der Waals surface area contributed by atoms with Gasteiger partial charge in [0.15, 0.2) is 0 Å². The highest BCUT2D eigenvalue weighted by Gasteiger charge is 2.17. The topological polar surface area (TPSA) is 72.2 Å². The molecular weight excluding hydrogens is 376 g/mol. The number of rotatable bonds is 3. The first kappa shape index (κ1) is 16.1. The summed E-state index contributed by atoms with van der Waals surface area (Å²) in [6.07, 6.45) is 0. The maximum Gasteiger partial charge on any atom is 0.261 e. The van der Waals surface area contributed by atoms with Crippen LogP contribution in [0.25, 0.3) is 0 Å². The Balaban J connectivity index is 2.42. The Morgan fingerprint density at radius 3 is 2.43 bits per heavy atom. The van der Waals surface area contributed by atoms with Crippen LogP contribution in [0, 0.1) is 13.8 Å². The van der Waals surface area contributed by atoms with Gasteiger partial charge in [-0.1, -0.05) is 17.7 Å². The van der Waals surface area contributed by atoms with E-state index in [1.54, 1.807) is 6.07 Å². The molecule has 0 amide bonds. The minimum atomic E-state index is -3.70. The molecule has 0 aliphatic heterocycles. The van der Waals surface area contributed by atoms with Gasteiger partial charge >= 0.3 is 0 Å². The minimum absolute atomic E-state index is 0.123. The first-order valence-electron chi connectivity index (χ1n) is 6.05. The maximum absolute atomic E-state index is 12.4. The van der Waals surface area contributed by atoms with Crippen LogP contribution >= 0.6 is 27.5 Å². The van der Waals surface area contributed by atoms with Gasteiger partial charge in [-0.05, 0) is 65.2 Å². The lowest BCUT2D eigenvalue weighted by Crippen LogP contribution is -2.14. The molecule has 0 unspecified atom stereocenters. The van der Waals surface area contributed by atoms with Gasteiger partial charge in [0.25, 0.3) is 10.0 Å². The lowest BCUT2D eigenvalue weighted by molar-refractivity contribution is 0.601. The van der Waals surface area contributed by atoms with Crippen molar-refractivity contribution in [3.8, 4) is 0 Å². The van der Waals surface area contributed by atoms with Crippen molar-refractivity contribution >= 4 is 48.9 Å². The second-order valence-electron chi connectivity index (χ2n) is 4.71. The molecule has 0 saturated carbocycles. The summed E-state index contributed by atoms with van der Waals surface area (Å²) < 4.78 is 27.9. The second-order valence-corrected chi connectivity index (χ2v) is 7.65. The molecule has 7 heteroatoms. The molecule has 0 atom stereocenters. The summed E-state index contributed by atoms with van der Waals surface area (Å²) in [7, 11) is -3.70. The number of sulfonamides is 1. The van der Waals surface area contributed by atoms with Gasteiger partial charge in [0.1, 0.15) is 0 Å². The number of nitrogens with one attached hydrogen (secondary N) is 1. The van der Waals surface area contributed by atoms with Crippen LogP contribution < -0.4 is 10.5 Å². The van der Waals surface area contributed by atoms with Crippen molar-refractivity contribution in [2.45, 2.75) is 18.7 Å². The quantitative estimate of drug-likeness (QED) is 0.776. The lowest BCUT2D eigenvalue weighted by atomic mass is 10.1. The molecule has 0 spiro atoms. The van der Waals surface area contributed by atoms with Gasteiger partial charge in [-0.3, -0.25) is 4.72 Å². The third-order valence-electron chi connectivity index (χ3n) is 3.06. The summed E-state index contributed by atoms with van der Waals surface area (Å²) in [6, 6.07) is 7.88. The zero-order valence-electron chi connectivity index (χ0n) is 11.4. The van der Waals surface area contributed by atoms with Gasteiger partial charge in [-0.25, -0.2) is 8.42 Å². The summed E-state index contributed by atoms with van der Waals surface area (Å²) >= 11 is 9.09. The summed E-state index contributed by atoms with van der Waals surface area (Å²) in [4.78, 5) is 0.123. The van der Waals surface area contributed by atoms with E-state index in [9.17, 15) is 8.42 Å². The zero-order valence-corrected chi connectivity index (χ0v) is 14.6. The standard InChI is InChI=1S/C14H14BrClN2O2S/c1-8-5-9(2)14(7-13(8)17)18-21(19,20)10-3-4-12(16)11(15)6-10/h3-7,18H,17H2,1-2H3. The molecule has 2 aromatic carbocycles. The van der Waals surface area contributed by atoms with Gasteiger partial charge in [-0.15, -0.1) is 0 Å². The second kappa shape index (κ2) is 5.87. The molecule has 0 heterocycles. The van der Waals surface area contributed by atoms with Crippen molar-refractivity contribution in [3.05, 3.63) is 51.0 Å². The Bertz CT molecular complexity index is 807. The van der Waals surface area contributed by atoms with Gasteiger partial charge in [0, 0.05) is 10.2 Å². The first-order chi connectivity index (χ1) is 9.70. The fraction of sp³-hybridized carbons (Fsp3) is 0.143. The van der Waals surface area contributed by atoms with Crippen LogP contribution in [0.15, 0.2) is 39.7 Å². The number of nitrogen functional groups attached to an aromatic ring is 1. The molecule has 21 heavy (non-hydrogen) atoms. The minimum Gasteiger partial charge on any atom is -0.398 e. The average Bonchev–Trinajstić information content (AvgIpc) is 2.39. The van der Waals surface area contributed by atoms with E-state index in [1.165, 1.54) is 18.2 Å². The number of hydrogen-bond acceptors (Lipinski definition) is 3. The fourth-order valence-electron chi connectivity index (χ4n) is 1.83. The molecule has 0 fully saturated rings. The normalized spacial score (nSPS) is 11.4. The van der Waals surface area contributed by atoms with Crippen LogP contribution in [-0.2, 0) is 10.0 Å².